The molecule has 1 saturated heterocycles. The maximum atomic E-state index is 12.9. The number of hydrogen-bond donors (Lipinski definition) is 2. The number of hydrogen-bond acceptors (Lipinski definition) is 3. The summed E-state index contributed by atoms with van der Waals surface area (Å²) < 4.78 is 12.9. The molecular formula is C16H23FN2O2. The van der Waals surface area contributed by atoms with Crippen LogP contribution in [0, 0.1) is 11.7 Å². The van der Waals surface area contributed by atoms with E-state index in [-0.39, 0.29) is 5.82 Å². The van der Waals surface area contributed by atoms with Gasteiger partial charge in [0.15, 0.2) is 0 Å². The molecule has 0 spiro atoms. The first-order chi connectivity index (χ1) is 10.1. The zero-order valence-corrected chi connectivity index (χ0v) is 12.4. The van der Waals surface area contributed by atoms with Gasteiger partial charge < -0.3 is 10.4 Å². The Bertz CT molecular complexity index is 464. The molecule has 5 heteroatoms. The van der Waals surface area contributed by atoms with Crippen molar-refractivity contribution >= 4 is 5.97 Å². The van der Waals surface area contributed by atoms with E-state index >= 15 is 0 Å². The third-order valence-corrected chi connectivity index (χ3v) is 4.01. The van der Waals surface area contributed by atoms with Crippen LogP contribution in [0.25, 0.3) is 0 Å². The molecule has 0 bridgehead atoms. The van der Waals surface area contributed by atoms with E-state index in [1.54, 1.807) is 12.1 Å². The molecule has 0 amide bonds. The number of carbonyl (C=O) groups is 1. The first kappa shape index (κ1) is 15.9. The first-order valence-electron chi connectivity index (χ1n) is 7.51. The van der Waals surface area contributed by atoms with Gasteiger partial charge in [-0.1, -0.05) is 19.1 Å². The van der Waals surface area contributed by atoms with E-state index in [9.17, 15) is 14.3 Å². The summed E-state index contributed by atoms with van der Waals surface area (Å²) >= 11 is 0. The highest BCUT2D eigenvalue weighted by Crippen LogP contribution is 2.23. The van der Waals surface area contributed by atoms with Crippen LogP contribution >= 0.6 is 0 Å². The van der Waals surface area contributed by atoms with Crippen LogP contribution < -0.4 is 5.32 Å². The first-order valence-corrected chi connectivity index (χ1v) is 7.51. The van der Waals surface area contributed by atoms with Crippen molar-refractivity contribution in [2.45, 2.75) is 32.4 Å². The minimum atomic E-state index is -0.770. The van der Waals surface area contributed by atoms with Crippen LogP contribution in [0.3, 0.4) is 0 Å². The van der Waals surface area contributed by atoms with E-state index in [0.29, 0.717) is 18.9 Å². The summed E-state index contributed by atoms with van der Waals surface area (Å²) in [5, 5.41) is 12.2. The van der Waals surface area contributed by atoms with Gasteiger partial charge >= 0.3 is 5.97 Å². The standard InChI is InChI=1S/C16H23FN2O2/c1-2-18-15(16(20)21)9-13-7-8-19(11-13)10-12-3-5-14(17)6-4-12/h3-6,13,15,18H,2,7-11H2,1H3,(H,20,21). The van der Waals surface area contributed by atoms with Gasteiger partial charge in [0.05, 0.1) is 0 Å². The summed E-state index contributed by atoms with van der Waals surface area (Å²) in [6.07, 6.45) is 1.69. The molecule has 2 unspecified atom stereocenters. The predicted molar refractivity (Wildman–Crippen MR) is 79.5 cm³/mol. The molecule has 0 radical (unpaired) electrons. The van der Waals surface area contributed by atoms with Gasteiger partial charge in [-0.25, -0.2) is 4.39 Å². The third-order valence-electron chi connectivity index (χ3n) is 4.01. The van der Waals surface area contributed by atoms with Gasteiger partial charge in [-0.2, -0.15) is 0 Å². The Morgan fingerprint density at radius 1 is 1.48 bits per heavy atom. The van der Waals surface area contributed by atoms with Gasteiger partial charge in [0, 0.05) is 13.1 Å². The minimum Gasteiger partial charge on any atom is -0.480 e. The lowest BCUT2D eigenvalue weighted by molar-refractivity contribution is -0.139. The molecule has 0 aliphatic carbocycles. The number of likely N-dealkylation sites (tertiary alicyclic amines) is 1. The summed E-state index contributed by atoms with van der Waals surface area (Å²) in [7, 11) is 0. The minimum absolute atomic E-state index is 0.215. The summed E-state index contributed by atoms with van der Waals surface area (Å²) in [5.41, 5.74) is 1.10. The fourth-order valence-electron chi connectivity index (χ4n) is 2.95. The van der Waals surface area contributed by atoms with Crippen LogP contribution in [0.4, 0.5) is 4.39 Å². The number of carboxylic acids is 1. The number of rotatable bonds is 7. The number of carboxylic acid groups (broad SMARTS) is 1. The Hall–Kier alpha value is -1.46. The van der Waals surface area contributed by atoms with Crippen molar-refractivity contribution in [3.8, 4) is 0 Å². The van der Waals surface area contributed by atoms with Gasteiger partial charge in [-0.05, 0) is 49.5 Å². The van der Waals surface area contributed by atoms with Crippen LogP contribution in [0.1, 0.15) is 25.3 Å². The number of likely N-dealkylation sites (N-methyl/N-ethyl adjacent to an activating group) is 1. The normalized spacial score (nSPS) is 20.6. The largest absolute Gasteiger partial charge is 0.480 e. The lowest BCUT2D eigenvalue weighted by atomic mass is 9.99. The van der Waals surface area contributed by atoms with Crippen molar-refractivity contribution in [1.82, 2.24) is 10.2 Å². The highest BCUT2D eigenvalue weighted by molar-refractivity contribution is 5.73. The maximum Gasteiger partial charge on any atom is 0.320 e. The third kappa shape index (κ3) is 4.79. The molecule has 2 N–H and O–H groups in total. The maximum absolute atomic E-state index is 12.9. The molecule has 2 rings (SSSR count). The molecule has 1 heterocycles. The highest BCUT2D eigenvalue weighted by Gasteiger charge is 2.27. The second-order valence-corrected chi connectivity index (χ2v) is 5.70. The van der Waals surface area contributed by atoms with Gasteiger partial charge in [0.25, 0.3) is 0 Å². The zero-order chi connectivity index (χ0) is 15.2. The Morgan fingerprint density at radius 2 is 2.19 bits per heavy atom. The molecule has 21 heavy (non-hydrogen) atoms. The van der Waals surface area contributed by atoms with E-state index in [2.05, 4.69) is 10.2 Å². The molecule has 0 saturated carbocycles. The van der Waals surface area contributed by atoms with Crippen LogP contribution in [0.5, 0.6) is 0 Å². The SMILES string of the molecule is CCNC(CC1CCN(Cc2ccc(F)cc2)C1)C(=O)O. The van der Waals surface area contributed by atoms with Gasteiger partial charge in [-0.3, -0.25) is 9.69 Å². The average Bonchev–Trinajstić information content (AvgIpc) is 2.88. The fraction of sp³-hybridized carbons (Fsp3) is 0.562. The monoisotopic (exact) mass is 294 g/mol. The quantitative estimate of drug-likeness (QED) is 0.808. The van der Waals surface area contributed by atoms with Crippen molar-refractivity contribution < 1.29 is 14.3 Å². The molecule has 1 aromatic rings. The van der Waals surface area contributed by atoms with Gasteiger partial charge in [-0.15, -0.1) is 0 Å². The van der Waals surface area contributed by atoms with Crippen molar-refractivity contribution in [2.75, 3.05) is 19.6 Å². The van der Waals surface area contributed by atoms with Crippen LogP contribution in [-0.4, -0.2) is 41.7 Å². The molecule has 1 aliphatic rings. The van der Waals surface area contributed by atoms with Crippen LogP contribution in [-0.2, 0) is 11.3 Å². The number of halogens is 1. The van der Waals surface area contributed by atoms with E-state index in [1.807, 2.05) is 6.92 Å². The Labute approximate surface area is 125 Å². The topological polar surface area (TPSA) is 52.6 Å². The number of nitrogens with one attached hydrogen (secondary N) is 1. The Morgan fingerprint density at radius 3 is 2.81 bits per heavy atom. The predicted octanol–water partition coefficient (Wildman–Crippen LogP) is 2.10. The van der Waals surface area contributed by atoms with Crippen molar-refractivity contribution in [3.63, 3.8) is 0 Å². The summed E-state index contributed by atoms with van der Waals surface area (Å²) in [6, 6.07) is 6.12. The van der Waals surface area contributed by atoms with Crippen molar-refractivity contribution in [3.05, 3.63) is 35.6 Å². The second kappa shape index (κ2) is 7.52. The van der Waals surface area contributed by atoms with Crippen molar-refractivity contribution in [1.29, 1.82) is 0 Å². The number of aliphatic carboxylic acids is 1. The molecular weight excluding hydrogens is 271 g/mol. The lowest BCUT2D eigenvalue weighted by Crippen LogP contribution is -2.38. The molecule has 1 aliphatic heterocycles. The van der Waals surface area contributed by atoms with E-state index in [1.165, 1.54) is 12.1 Å². The number of nitrogens with zero attached hydrogens (tertiary/aromatic N) is 1. The molecule has 1 aromatic carbocycles. The summed E-state index contributed by atoms with van der Waals surface area (Å²) in [6.45, 7) is 5.27. The second-order valence-electron chi connectivity index (χ2n) is 5.70. The molecule has 0 aromatic heterocycles. The number of benzene rings is 1. The van der Waals surface area contributed by atoms with Crippen LogP contribution in [0.15, 0.2) is 24.3 Å². The van der Waals surface area contributed by atoms with E-state index < -0.39 is 12.0 Å². The van der Waals surface area contributed by atoms with Crippen LogP contribution in [0.2, 0.25) is 0 Å². The van der Waals surface area contributed by atoms with Crippen molar-refractivity contribution in [2.24, 2.45) is 5.92 Å². The Balaban J connectivity index is 1.82. The molecule has 4 nitrogen and oxygen atoms in total. The lowest BCUT2D eigenvalue weighted by Gasteiger charge is -2.19. The fourth-order valence-corrected chi connectivity index (χ4v) is 2.95. The average molecular weight is 294 g/mol. The van der Waals surface area contributed by atoms with E-state index in [4.69, 9.17) is 0 Å². The zero-order valence-electron chi connectivity index (χ0n) is 12.4. The van der Waals surface area contributed by atoms with Gasteiger partial charge in [0.1, 0.15) is 11.9 Å². The summed E-state index contributed by atoms with van der Waals surface area (Å²) in [5.74, 6) is -0.576. The Kier molecular flexibility index (Phi) is 5.70. The summed E-state index contributed by atoms with van der Waals surface area (Å²) in [4.78, 5) is 13.5. The molecule has 116 valence electrons. The highest BCUT2D eigenvalue weighted by atomic mass is 19.1. The smallest absolute Gasteiger partial charge is 0.320 e. The molecule has 1 fully saturated rings. The van der Waals surface area contributed by atoms with E-state index in [0.717, 1.165) is 31.6 Å². The van der Waals surface area contributed by atoms with Gasteiger partial charge in [0.2, 0.25) is 0 Å². The molecule has 2 atom stereocenters.